The zero-order valence-corrected chi connectivity index (χ0v) is 14.7. The fourth-order valence-electron chi connectivity index (χ4n) is 2.56. The van der Waals surface area contributed by atoms with Gasteiger partial charge in [-0.15, -0.1) is 0 Å². The molecule has 132 valence electrons. The second-order valence-electron chi connectivity index (χ2n) is 5.78. The predicted octanol–water partition coefficient (Wildman–Crippen LogP) is 2.84. The van der Waals surface area contributed by atoms with Crippen LogP contribution in [0.25, 0.3) is 22.4 Å². The summed E-state index contributed by atoms with van der Waals surface area (Å²) < 4.78 is 38.2. The number of hydrogen-bond acceptors (Lipinski definition) is 4. The number of rotatable bonds is 4. The highest BCUT2D eigenvalue weighted by Gasteiger charge is 2.15. The molecule has 0 aliphatic carbocycles. The molecule has 1 aromatic heterocycles. The van der Waals surface area contributed by atoms with Crippen LogP contribution in [0.5, 0.6) is 0 Å². The number of aryl methyl sites for hydroxylation is 1. The van der Waals surface area contributed by atoms with Crippen LogP contribution in [0.2, 0.25) is 0 Å². The van der Waals surface area contributed by atoms with E-state index in [4.69, 9.17) is 10.4 Å². The van der Waals surface area contributed by atoms with Crippen molar-refractivity contribution in [2.75, 3.05) is 0 Å². The molecule has 0 unspecified atom stereocenters. The molecule has 0 saturated carbocycles. The van der Waals surface area contributed by atoms with Crippen LogP contribution in [-0.2, 0) is 16.6 Å². The van der Waals surface area contributed by atoms with Crippen LogP contribution in [0.1, 0.15) is 5.56 Å². The third-order valence-corrected chi connectivity index (χ3v) is 4.86. The van der Waals surface area contributed by atoms with Crippen LogP contribution < -0.4 is 5.14 Å². The first-order chi connectivity index (χ1) is 12.3. The number of halogens is 1. The van der Waals surface area contributed by atoms with Gasteiger partial charge in [0.05, 0.1) is 11.0 Å². The number of nitriles is 1. The zero-order valence-electron chi connectivity index (χ0n) is 13.8. The Morgan fingerprint density at radius 2 is 1.85 bits per heavy atom. The molecule has 3 rings (SSSR count). The summed E-state index contributed by atoms with van der Waals surface area (Å²) in [6, 6.07) is 12.8. The molecule has 0 radical (unpaired) electrons. The third kappa shape index (κ3) is 3.49. The smallest absolute Gasteiger partial charge is 0.238 e. The number of benzene rings is 2. The normalized spacial score (nSPS) is 11.3. The van der Waals surface area contributed by atoms with Gasteiger partial charge in [0.1, 0.15) is 18.1 Å². The Kier molecular flexibility index (Phi) is 4.59. The van der Waals surface area contributed by atoms with Gasteiger partial charge in [0.25, 0.3) is 0 Å². The molecule has 8 heteroatoms. The van der Waals surface area contributed by atoms with Gasteiger partial charge in [0.15, 0.2) is 0 Å². The minimum absolute atomic E-state index is 0.0133. The molecule has 0 bridgehead atoms. The topological polar surface area (TPSA) is 102 Å². The molecule has 0 aliphatic heterocycles. The van der Waals surface area contributed by atoms with Gasteiger partial charge in [0.2, 0.25) is 10.0 Å². The van der Waals surface area contributed by atoms with E-state index < -0.39 is 10.0 Å². The summed E-state index contributed by atoms with van der Waals surface area (Å²) in [5, 5.41) is 18.4. The molecule has 2 aromatic carbocycles. The van der Waals surface area contributed by atoms with Crippen molar-refractivity contribution < 1.29 is 12.8 Å². The molecular formula is C18H15FN4O2S. The average molecular weight is 370 g/mol. The summed E-state index contributed by atoms with van der Waals surface area (Å²) in [7, 11) is -3.80. The Hall–Kier alpha value is -3.02. The van der Waals surface area contributed by atoms with Crippen molar-refractivity contribution >= 4 is 10.0 Å². The molecule has 0 spiro atoms. The number of sulfonamides is 1. The van der Waals surface area contributed by atoms with Gasteiger partial charge in [-0.1, -0.05) is 24.3 Å². The van der Waals surface area contributed by atoms with E-state index in [1.165, 1.54) is 22.9 Å². The molecule has 0 atom stereocenters. The lowest BCUT2D eigenvalue weighted by molar-refractivity contribution is 0.598. The Morgan fingerprint density at radius 1 is 1.19 bits per heavy atom. The predicted molar refractivity (Wildman–Crippen MR) is 94.8 cm³/mol. The molecule has 0 amide bonds. The Balaban J connectivity index is 2.14. The van der Waals surface area contributed by atoms with Gasteiger partial charge in [-0.05, 0) is 36.2 Å². The van der Waals surface area contributed by atoms with Gasteiger partial charge in [-0.2, -0.15) is 10.4 Å². The first kappa shape index (κ1) is 17.8. The van der Waals surface area contributed by atoms with Gasteiger partial charge in [0, 0.05) is 17.3 Å². The molecule has 2 N–H and O–H groups in total. The third-order valence-electron chi connectivity index (χ3n) is 3.93. The van der Waals surface area contributed by atoms with E-state index in [0.29, 0.717) is 27.9 Å². The first-order valence-electron chi connectivity index (χ1n) is 7.64. The second kappa shape index (κ2) is 6.71. The lowest BCUT2D eigenvalue weighted by Gasteiger charge is -2.05. The lowest BCUT2D eigenvalue weighted by atomic mass is 10.0. The van der Waals surface area contributed by atoms with E-state index in [2.05, 4.69) is 5.10 Å². The number of nitrogens with zero attached hydrogens (tertiary/aromatic N) is 3. The fraction of sp³-hybridized carbons (Fsp3) is 0.111. The molecular weight excluding hydrogens is 355 g/mol. The maximum atomic E-state index is 14.0. The van der Waals surface area contributed by atoms with E-state index in [1.807, 2.05) is 6.07 Å². The van der Waals surface area contributed by atoms with Crippen molar-refractivity contribution in [1.82, 2.24) is 9.78 Å². The molecule has 6 nitrogen and oxygen atoms in total. The van der Waals surface area contributed by atoms with Crippen LogP contribution in [0.15, 0.2) is 53.6 Å². The van der Waals surface area contributed by atoms with E-state index in [1.54, 1.807) is 37.4 Å². The molecule has 1 heterocycles. The highest BCUT2D eigenvalue weighted by molar-refractivity contribution is 7.89. The van der Waals surface area contributed by atoms with Crippen molar-refractivity contribution in [3.8, 4) is 28.5 Å². The first-order valence-corrected chi connectivity index (χ1v) is 9.18. The van der Waals surface area contributed by atoms with E-state index in [0.717, 1.165) is 0 Å². The number of hydrogen-bond donors (Lipinski definition) is 1. The van der Waals surface area contributed by atoms with E-state index in [9.17, 15) is 12.8 Å². The van der Waals surface area contributed by atoms with E-state index >= 15 is 0 Å². The lowest BCUT2D eigenvalue weighted by Crippen LogP contribution is -2.11. The van der Waals surface area contributed by atoms with Crippen LogP contribution >= 0.6 is 0 Å². The minimum atomic E-state index is -3.80. The Morgan fingerprint density at radius 3 is 2.42 bits per heavy atom. The summed E-state index contributed by atoms with van der Waals surface area (Å²) in [6.45, 7) is 1.71. The number of aromatic nitrogens is 2. The highest BCUT2D eigenvalue weighted by Crippen LogP contribution is 2.32. The average Bonchev–Trinajstić information content (AvgIpc) is 3.01. The molecule has 0 aliphatic rings. The largest absolute Gasteiger partial charge is 0.257 e. The van der Waals surface area contributed by atoms with Crippen molar-refractivity contribution in [2.45, 2.75) is 18.4 Å². The summed E-state index contributed by atoms with van der Waals surface area (Å²) in [5.41, 5.74) is 2.93. The quantitative estimate of drug-likeness (QED) is 0.763. The maximum Gasteiger partial charge on any atom is 0.238 e. The maximum absolute atomic E-state index is 14.0. The number of nitrogens with two attached hydrogens (primary N) is 1. The van der Waals surface area contributed by atoms with Crippen LogP contribution in [0.4, 0.5) is 4.39 Å². The molecule has 0 fully saturated rings. The monoisotopic (exact) mass is 370 g/mol. The van der Waals surface area contributed by atoms with Crippen molar-refractivity contribution in [1.29, 1.82) is 5.26 Å². The Bertz CT molecular complexity index is 1110. The zero-order chi connectivity index (χ0) is 18.9. The summed E-state index contributed by atoms with van der Waals surface area (Å²) in [4.78, 5) is -0.0133. The molecule has 0 saturated heterocycles. The number of primary sulfonamides is 1. The van der Waals surface area contributed by atoms with Crippen molar-refractivity contribution in [2.24, 2.45) is 5.14 Å². The van der Waals surface area contributed by atoms with Crippen molar-refractivity contribution in [3.05, 3.63) is 60.0 Å². The fourth-order valence-corrected chi connectivity index (χ4v) is 3.08. The highest BCUT2D eigenvalue weighted by atomic mass is 32.2. The van der Waals surface area contributed by atoms with Gasteiger partial charge >= 0.3 is 0 Å². The minimum Gasteiger partial charge on any atom is -0.257 e. The van der Waals surface area contributed by atoms with Gasteiger partial charge in [-0.3, -0.25) is 4.68 Å². The van der Waals surface area contributed by atoms with Crippen LogP contribution in [0, 0.1) is 24.1 Å². The van der Waals surface area contributed by atoms with Gasteiger partial charge in [-0.25, -0.2) is 17.9 Å². The van der Waals surface area contributed by atoms with E-state index in [-0.39, 0.29) is 17.3 Å². The second-order valence-corrected chi connectivity index (χ2v) is 7.34. The Labute approximate surface area is 150 Å². The summed E-state index contributed by atoms with van der Waals surface area (Å²) >= 11 is 0. The molecule has 3 aromatic rings. The standard InChI is InChI=1S/C18H15FN4O2S/c1-12-2-3-14(10-17(12)19)16-11-23(9-8-20)22-18(16)13-4-6-15(7-5-13)26(21,24)25/h2-7,10-11H,9H2,1H3,(H2,21,24,25). The summed E-state index contributed by atoms with van der Waals surface area (Å²) in [6.07, 6.45) is 1.66. The SMILES string of the molecule is Cc1ccc(-c2cn(CC#N)nc2-c2ccc(S(N)(=O)=O)cc2)cc1F. The molecule has 26 heavy (non-hydrogen) atoms. The van der Waals surface area contributed by atoms with Crippen LogP contribution in [-0.4, -0.2) is 18.2 Å². The van der Waals surface area contributed by atoms with Gasteiger partial charge < -0.3 is 0 Å². The van der Waals surface area contributed by atoms with Crippen LogP contribution in [0.3, 0.4) is 0 Å². The summed E-state index contributed by atoms with van der Waals surface area (Å²) in [5.74, 6) is -0.342. The van der Waals surface area contributed by atoms with Crippen molar-refractivity contribution in [3.63, 3.8) is 0 Å².